The lowest BCUT2D eigenvalue weighted by atomic mass is 10.1. The lowest BCUT2D eigenvalue weighted by Crippen LogP contribution is -1.95. The van der Waals surface area contributed by atoms with E-state index in [9.17, 15) is 4.79 Å². The molecule has 0 fully saturated rings. The molecular formula is C10H9BrCl2O. The number of carbonyl (C=O) groups is 1. The Morgan fingerprint density at radius 1 is 1.43 bits per heavy atom. The molecule has 14 heavy (non-hydrogen) atoms. The van der Waals surface area contributed by atoms with Gasteiger partial charge < -0.3 is 0 Å². The van der Waals surface area contributed by atoms with Crippen molar-refractivity contribution in [2.24, 2.45) is 0 Å². The molecule has 0 aliphatic heterocycles. The number of alkyl halides is 1. The van der Waals surface area contributed by atoms with Crippen LogP contribution in [0.1, 0.15) is 22.3 Å². The molecule has 0 N–H and O–H groups in total. The van der Waals surface area contributed by atoms with E-state index < -0.39 is 5.24 Å². The van der Waals surface area contributed by atoms with Gasteiger partial charge in [0.25, 0.3) is 5.24 Å². The van der Waals surface area contributed by atoms with E-state index in [1.54, 1.807) is 6.07 Å². The zero-order valence-corrected chi connectivity index (χ0v) is 10.5. The van der Waals surface area contributed by atoms with E-state index >= 15 is 0 Å². The molecule has 0 saturated carbocycles. The van der Waals surface area contributed by atoms with E-state index in [4.69, 9.17) is 23.2 Å². The standard InChI is InChI=1S/C10H9BrCl2O/c11-9-7(4-2-6-12)3-1-5-8(9)10(13)14/h1,3,5H,2,4,6H2. The third-order valence-electron chi connectivity index (χ3n) is 1.87. The van der Waals surface area contributed by atoms with Crippen LogP contribution in [0.5, 0.6) is 0 Å². The van der Waals surface area contributed by atoms with Gasteiger partial charge in [0.05, 0.1) is 0 Å². The van der Waals surface area contributed by atoms with Gasteiger partial charge >= 0.3 is 0 Å². The van der Waals surface area contributed by atoms with Gasteiger partial charge in [0.15, 0.2) is 0 Å². The van der Waals surface area contributed by atoms with E-state index in [-0.39, 0.29) is 0 Å². The number of rotatable bonds is 4. The molecule has 0 atom stereocenters. The maximum atomic E-state index is 11.0. The van der Waals surface area contributed by atoms with Crippen LogP contribution in [-0.4, -0.2) is 11.1 Å². The first-order valence-corrected chi connectivity index (χ1v) is 5.90. The molecule has 4 heteroatoms. The molecule has 0 spiro atoms. The van der Waals surface area contributed by atoms with E-state index in [1.165, 1.54) is 0 Å². The summed E-state index contributed by atoms with van der Waals surface area (Å²) in [5.41, 5.74) is 1.58. The molecule has 0 radical (unpaired) electrons. The Labute approximate surface area is 102 Å². The van der Waals surface area contributed by atoms with E-state index in [0.717, 1.165) is 22.9 Å². The molecule has 0 amide bonds. The lowest BCUT2D eigenvalue weighted by Gasteiger charge is -2.05. The Morgan fingerprint density at radius 3 is 2.71 bits per heavy atom. The van der Waals surface area contributed by atoms with Gasteiger partial charge in [0.2, 0.25) is 0 Å². The highest BCUT2D eigenvalue weighted by Gasteiger charge is 2.09. The second-order valence-corrected chi connectivity index (χ2v) is 4.36. The molecule has 1 rings (SSSR count). The molecule has 0 aliphatic carbocycles. The summed E-state index contributed by atoms with van der Waals surface area (Å²) in [5, 5.41) is -0.440. The van der Waals surface area contributed by atoms with Gasteiger partial charge in [0.1, 0.15) is 0 Å². The normalized spacial score (nSPS) is 10.2. The van der Waals surface area contributed by atoms with Gasteiger partial charge in [0, 0.05) is 15.9 Å². The fourth-order valence-corrected chi connectivity index (χ4v) is 2.23. The zero-order valence-electron chi connectivity index (χ0n) is 7.40. The summed E-state index contributed by atoms with van der Waals surface area (Å²) in [5.74, 6) is 0.617. The maximum absolute atomic E-state index is 11.0. The molecular weight excluding hydrogens is 287 g/mol. The molecule has 0 aromatic heterocycles. The second kappa shape index (κ2) is 5.74. The summed E-state index contributed by atoms with van der Waals surface area (Å²) < 4.78 is 0.783. The predicted octanol–water partition coefficient (Wildman–Crippen LogP) is 4.00. The maximum Gasteiger partial charge on any atom is 0.253 e. The molecule has 0 aliphatic rings. The van der Waals surface area contributed by atoms with Crippen LogP contribution < -0.4 is 0 Å². The van der Waals surface area contributed by atoms with Crippen molar-refractivity contribution in [1.29, 1.82) is 0 Å². The summed E-state index contributed by atoms with van der Waals surface area (Å²) in [6.45, 7) is 0. The minimum absolute atomic E-state index is 0.440. The first-order valence-electron chi connectivity index (χ1n) is 4.20. The number of aryl methyl sites for hydroxylation is 1. The molecule has 0 heterocycles. The Kier molecular flexibility index (Phi) is 4.93. The topological polar surface area (TPSA) is 17.1 Å². The van der Waals surface area contributed by atoms with E-state index in [0.29, 0.717) is 11.4 Å². The first kappa shape index (κ1) is 12.0. The van der Waals surface area contributed by atoms with Gasteiger partial charge in [-0.3, -0.25) is 4.79 Å². The summed E-state index contributed by atoms with van der Waals surface area (Å²) >= 11 is 14.4. The van der Waals surface area contributed by atoms with Crippen molar-refractivity contribution in [1.82, 2.24) is 0 Å². The van der Waals surface area contributed by atoms with Crippen molar-refractivity contribution in [2.75, 3.05) is 5.88 Å². The van der Waals surface area contributed by atoms with Crippen molar-refractivity contribution in [3.63, 3.8) is 0 Å². The minimum Gasteiger partial charge on any atom is -0.276 e. The molecule has 1 aromatic carbocycles. The van der Waals surface area contributed by atoms with Crippen molar-refractivity contribution in [3.8, 4) is 0 Å². The van der Waals surface area contributed by atoms with Crippen LogP contribution in [0.3, 0.4) is 0 Å². The lowest BCUT2D eigenvalue weighted by molar-refractivity contribution is 0.108. The first-order chi connectivity index (χ1) is 6.66. The summed E-state index contributed by atoms with van der Waals surface area (Å²) in [6, 6.07) is 5.48. The quantitative estimate of drug-likeness (QED) is 0.606. The molecule has 0 bridgehead atoms. The van der Waals surface area contributed by atoms with Crippen LogP contribution in [0.15, 0.2) is 22.7 Å². The molecule has 76 valence electrons. The Hall–Kier alpha value is -0.0500. The van der Waals surface area contributed by atoms with Crippen molar-refractivity contribution in [3.05, 3.63) is 33.8 Å². The fourth-order valence-electron chi connectivity index (χ4n) is 1.18. The predicted molar refractivity (Wildman–Crippen MR) is 63.4 cm³/mol. The Balaban J connectivity index is 2.95. The van der Waals surface area contributed by atoms with Crippen molar-refractivity contribution >= 4 is 44.4 Å². The smallest absolute Gasteiger partial charge is 0.253 e. The number of carbonyl (C=O) groups excluding carboxylic acids is 1. The average molecular weight is 296 g/mol. The van der Waals surface area contributed by atoms with Crippen molar-refractivity contribution < 1.29 is 4.79 Å². The monoisotopic (exact) mass is 294 g/mol. The summed E-state index contributed by atoms with van der Waals surface area (Å²) in [6.07, 6.45) is 1.74. The van der Waals surface area contributed by atoms with E-state index in [2.05, 4.69) is 15.9 Å². The van der Waals surface area contributed by atoms with Gasteiger partial charge in [-0.15, -0.1) is 11.6 Å². The number of hydrogen-bond acceptors (Lipinski definition) is 1. The molecule has 1 aromatic rings. The third kappa shape index (κ3) is 2.97. The Bertz CT molecular complexity index is 339. The van der Waals surface area contributed by atoms with Crippen LogP contribution >= 0.6 is 39.1 Å². The van der Waals surface area contributed by atoms with Crippen LogP contribution in [0.4, 0.5) is 0 Å². The fraction of sp³-hybridized carbons (Fsp3) is 0.300. The second-order valence-electron chi connectivity index (χ2n) is 2.84. The number of halogens is 3. The molecule has 0 unspecified atom stereocenters. The summed E-state index contributed by atoms with van der Waals surface area (Å²) in [7, 11) is 0. The van der Waals surface area contributed by atoms with Gasteiger partial charge in [-0.25, -0.2) is 0 Å². The van der Waals surface area contributed by atoms with Crippen LogP contribution in [0.25, 0.3) is 0 Å². The third-order valence-corrected chi connectivity index (χ3v) is 3.28. The van der Waals surface area contributed by atoms with Gasteiger partial charge in [-0.05, 0) is 52.0 Å². The van der Waals surface area contributed by atoms with Crippen molar-refractivity contribution in [2.45, 2.75) is 12.8 Å². The minimum atomic E-state index is -0.440. The van der Waals surface area contributed by atoms with Crippen LogP contribution in [-0.2, 0) is 6.42 Å². The number of hydrogen-bond donors (Lipinski definition) is 0. The van der Waals surface area contributed by atoms with Crippen LogP contribution in [0, 0.1) is 0 Å². The van der Waals surface area contributed by atoms with Crippen LogP contribution in [0.2, 0.25) is 0 Å². The largest absolute Gasteiger partial charge is 0.276 e. The van der Waals surface area contributed by atoms with Gasteiger partial charge in [-0.1, -0.05) is 12.1 Å². The highest BCUT2D eigenvalue weighted by Crippen LogP contribution is 2.24. The molecule has 0 saturated heterocycles. The highest BCUT2D eigenvalue weighted by atomic mass is 79.9. The molecule has 1 nitrogen and oxygen atoms in total. The van der Waals surface area contributed by atoms with Gasteiger partial charge in [-0.2, -0.15) is 0 Å². The number of benzene rings is 1. The van der Waals surface area contributed by atoms with E-state index in [1.807, 2.05) is 12.1 Å². The highest BCUT2D eigenvalue weighted by molar-refractivity contribution is 9.10. The SMILES string of the molecule is O=C(Cl)c1cccc(CCCCl)c1Br. The average Bonchev–Trinajstić information content (AvgIpc) is 2.16. The summed E-state index contributed by atoms with van der Waals surface area (Å²) in [4.78, 5) is 11.0. The Morgan fingerprint density at radius 2 is 2.14 bits per heavy atom. The zero-order chi connectivity index (χ0) is 10.6.